The predicted molar refractivity (Wildman–Crippen MR) is 92.4 cm³/mol. The predicted octanol–water partition coefficient (Wildman–Crippen LogP) is 4.51. The molecule has 1 aromatic carbocycles. The van der Waals surface area contributed by atoms with E-state index >= 15 is 0 Å². The van der Waals surface area contributed by atoms with Crippen LogP contribution < -0.4 is 10.9 Å². The van der Waals surface area contributed by atoms with Gasteiger partial charge in [-0.05, 0) is 43.0 Å². The van der Waals surface area contributed by atoms with Gasteiger partial charge in [-0.1, -0.05) is 28.1 Å². The Morgan fingerprint density at radius 2 is 1.84 bits per heavy atom. The van der Waals surface area contributed by atoms with Gasteiger partial charge in [0.15, 0.2) is 0 Å². The summed E-state index contributed by atoms with van der Waals surface area (Å²) in [7, 11) is 0. The monoisotopic (exact) mass is 416 g/mol. The minimum atomic E-state index is -4.59. The smallest absolute Gasteiger partial charge is 0.327 e. The molecule has 0 spiro atoms. The zero-order valence-electron chi connectivity index (χ0n) is 13.1. The molecule has 1 amide bonds. The maximum Gasteiger partial charge on any atom is 0.417 e. The molecule has 0 aliphatic rings. The maximum atomic E-state index is 12.6. The molecule has 2 rings (SSSR count). The molecule has 0 unspecified atom stereocenters. The first-order chi connectivity index (χ1) is 11.8. The van der Waals surface area contributed by atoms with Crippen LogP contribution in [0.4, 0.5) is 18.9 Å². The molecule has 134 valence electrons. The number of amides is 1. The lowest BCUT2D eigenvalue weighted by atomic mass is 10.1. The SMILES string of the molecule is O=C(CCCCc1ccc(Br)cc1)Nc1cc(C(F)(F)F)c[nH]c1=O. The second kappa shape index (κ2) is 8.33. The highest BCUT2D eigenvalue weighted by atomic mass is 79.9. The Morgan fingerprint density at radius 1 is 1.16 bits per heavy atom. The van der Waals surface area contributed by atoms with Crippen molar-refractivity contribution < 1.29 is 18.0 Å². The van der Waals surface area contributed by atoms with Crippen molar-refractivity contribution in [3.63, 3.8) is 0 Å². The number of aryl methyl sites for hydroxylation is 1. The van der Waals surface area contributed by atoms with Crippen LogP contribution in [0, 0.1) is 0 Å². The number of hydrogen-bond acceptors (Lipinski definition) is 2. The molecule has 25 heavy (non-hydrogen) atoms. The van der Waals surface area contributed by atoms with E-state index in [1.54, 1.807) is 0 Å². The third-order valence-corrected chi connectivity index (χ3v) is 4.07. The molecule has 1 heterocycles. The third-order valence-electron chi connectivity index (χ3n) is 3.54. The highest BCUT2D eigenvalue weighted by Crippen LogP contribution is 2.29. The van der Waals surface area contributed by atoms with Crippen molar-refractivity contribution in [2.24, 2.45) is 0 Å². The molecule has 0 aliphatic heterocycles. The fourth-order valence-electron chi connectivity index (χ4n) is 2.22. The number of H-pyrrole nitrogens is 1. The van der Waals surface area contributed by atoms with Crippen LogP contribution in [0.15, 0.2) is 45.8 Å². The number of alkyl halides is 3. The molecule has 0 saturated carbocycles. The molecule has 0 saturated heterocycles. The fourth-order valence-corrected chi connectivity index (χ4v) is 2.48. The van der Waals surface area contributed by atoms with Crippen molar-refractivity contribution in [3.05, 3.63) is 62.5 Å². The van der Waals surface area contributed by atoms with Gasteiger partial charge in [-0.3, -0.25) is 9.59 Å². The van der Waals surface area contributed by atoms with Gasteiger partial charge in [-0.15, -0.1) is 0 Å². The maximum absolute atomic E-state index is 12.6. The van der Waals surface area contributed by atoms with Gasteiger partial charge in [-0.25, -0.2) is 0 Å². The van der Waals surface area contributed by atoms with E-state index in [1.165, 1.54) is 0 Å². The number of benzene rings is 1. The molecule has 1 aromatic heterocycles. The lowest BCUT2D eigenvalue weighted by Gasteiger charge is -2.09. The van der Waals surface area contributed by atoms with Crippen molar-refractivity contribution in [1.29, 1.82) is 0 Å². The van der Waals surface area contributed by atoms with E-state index in [-0.39, 0.29) is 6.42 Å². The van der Waals surface area contributed by atoms with Crippen LogP contribution >= 0.6 is 15.9 Å². The fraction of sp³-hybridized carbons (Fsp3) is 0.294. The number of anilines is 1. The van der Waals surface area contributed by atoms with Crippen LogP contribution in [-0.4, -0.2) is 10.9 Å². The first kappa shape index (κ1) is 19.2. The van der Waals surface area contributed by atoms with Crippen LogP contribution in [0.1, 0.15) is 30.4 Å². The lowest BCUT2D eigenvalue weighted by Crippen LogP contribution is -2.21. The Balaban J connectivity index is 1.84. The van der Waals surface area contributed by atoms with Gasteiger partial charge in [0.2, 0.25) is 5.91 Å². The highest BCUT2D eigenvalue weighted by Gasteiger charge is 2.31. The Hall–Kier alpha value is -2.09. The minimum Gasteiger partial charge on any atom is -0.327 e. The Morgan fingerprint density at radius 3 is 2.48 bits per heavy atom. The van der Waals surface area contributed by atoms with Gasteiger partial charge >= 0.3 is 6.18 Å². The van der Waals surface area contributed by atoms with E-state index in [2.05, 4.69) is 21.2 Å². The molecule has 2 aromatic rings. The Bertz CT molecular complexity index is 786. The molecule has 8 heteroatoms. The van der Waals surface area contributed by atoms with E-state index < -0.39 is 28.9 Å². The summed E-state index contributed by atoms with van der Waals surface area (Å²) in [6, 6.07) is 8.46. The minimum absolute atomic E-state index is 0.131. The second-order valence-electron chi connectivity index (χ2n) is 5.51. The van der Waals surface area contributed by atoms with Crippen molar-refractivity contribution >= 4 is 27.5 Å². The zero-order valence-corrected chi connectivity index (χ0v) is 14.7. The number of unbranched alkanes of at least 4 members (excludes halogenated alkanes) is 1. The van der Waals surface area contributed by atoms with E-state index in [9.17, 15) is 22.8 Å². The van der Waals surface area contributed by atoms with Gasteiger partial charge in [0.1, 0.15) is 5.69 Å². The number of pyridine rings is 1. The van der Waals surface area contributed by atoms with E-state index in [1.807, 2.05) is 29.2 Å². The van der Waals surface area contributed by atoms with Crippen LogP contribution in [0.25, 0.3) is 0 Å². The number of nitrogens with one attached hydrogen (secondary N) is 2. The normalized spacial score (nSPS) is 11.4. The van der Waals surface area contributed by atoms with E-state index in [0.717, 1.165) is 22.9 Å². The molecular formula is C17H16BrF3N2O2. The quantitative estimate of drug-likeness (QED) is 0.680. The van der Waals surface area contributed by atoms with Crippen molar-refractivity contribution in [1.82, 2.24) is 4.98 Å². The summed E-state index contributed by atoms with van der Waals surface area (Å²) in [5, 5.41) is 2.24. The summed E-state index contributed by atoms with van der Waals surface area (Å²) in [5.41, 5.74) is -1.04. The number of aromatic nitrogens is 1. The van der Waals surface area contributed by atoms with Crippen LogP contribution in [-0.2, 0) is 17.4 Å². The number of carbonyl (C=O) groups excluding carboxylic acids is 1. The summed E-state index contributed by atoms with van der Waals surface area (Å²) in [6.45, 7) is 0. The summed E-state index contributed by atoms with van der Waals surface area (Å²) >= 11 is 3.35. The summed E-state index contributed by atoms with van der Waals surface area (Å²) in [6.07, 6.45) is -1.76. The lowest BCUT2D eigenvalue weighted by molar-refractivity contribution is -0.137. The van der Waals surface area contributed by atoms with Gasteiger partial charge in [0.25, 0.3) is 5.56 Å². The summed E-state index contributed by atoms with van der Waals surface area (Å²) < 4.78 is 38.9. The average Bonchev–Trinajstić information content (AvgIpc) is 2.54. The number of carbonyl (C=O) groups is 1. The number of halogens is 4. The first-order valence-corrected chi connectivity index (χ1v) is 8.39. The molecule has 0 aliphatic carbocycles. The van der Waals surface area contributed by atoms with Gasteiger partial charge < -0.3 is 10.3 Å². The molecule has 0 radical (unpaired) electrons. The largest absolute Gasteiger partial charge is 0.417 e. The number of hydrogen-bond donors (Lipinski definition) is 2. The van der Waals surface area contributed by atoms with Gasteiger partial charge in [-0.2, -0.15) is 13.2 Å². The molecular weight excluding hydrogens is 401 g/mol. The summed E-state index contributed by atoms with van der Waals surface area (Å²) in [4.78, 5) is 25.3. The number of rotatable bonds is 6. The highest BCUT2D eigenvalue weighted by molar-refractivity contribution is 9.10. The van der Waals surface area contributed by atoms with Crippen LogP contribution in [0.2, 0.25) is 0 Å². The van der Waals surface area contributed by atoms with Crippen LogP contribution in [0.5, 0.6) is 0 Å². The Kier molecular flexibility index (Phi) is 6.41. The van der Waals surface area contributed by atoms with Crippen molar-refractivity contribution in [2.45, 2.75) is 31.9 Å². The van der Waals surface area contributed by atoms with Crippen molar-refractivity contribution in [2.75, 3.05) is 5.32 Å². The summed E-state index contributed by atoms with van der Waals surface area (Å²) in [5.74, 6) is -0.486. The molecule has 2 N–H and O–H groups in total. The molecule has 0 bridgehead atoms. The molecule has 0 atom stereocenters. The molecule has 4 nitrogen and oxygen atoms in total. The van der Waals surface area contributed by atoms with Gasteiger partial charge in [0, 0.05) is 17.1 Å². The standard InChI is InChI=1S/C17H16BrF3N2O2/c18-13-7-5-11(6-8-13)3-1-2-4-15(24)23-14-9-12(17(19,20)21)10-22-16(14)25/h5-10H,1-4H2,(H,22,25)(H,23,24). The molecule has 0 fully saturated rings. The Labute approximate surface area is 150 Å². The third kappa shape index (κ3) is 6.04. The average molecular weight is 417 g/mol. The van der Waals surface area contributed by atoms with E-state index in [0.29, 0.717) is 18.7 Å². The van der Waals surface area contributed by atoms with Gasteiger partial charge in [0.05, 0.1) is 5.56 Å². The topological polar surface area (TPSA) is 62.0 Å². The zero-order chi connectivity index (χ0) is 18.4. The van der Waals surface area contributed by atoms with E-state index in [4.69, 9.17) is 0 Å². The van der Waals surface area contributed by atoms with Crippen LogP contribution in [0.3, 0.4) is 0 Å². The first-order valence-electron chi connectivity index (χ1n) is 7.60. The number of aromatic amines is 1. The van der Waals surface area contributed by atoms with Crippen molar-refractivity contribution in [3.8, 4) is 0 Å². The second-order valence-corrected chi connectivity index (χ2v) is 6.43.